The van der Waals surface area contributed by atoms with E-state index in [1.807, 2.05) is 31.3 Å². The number of nitrogens with one attached hydrogen (secondary N) is 2. The predicted molar refractivity (Wildman–Crippen MR) is 95.4 cm³/mol. The molecule has 0 spiro atoms. The maximum absolute atomic E-state index is 11.8. The van der Waals surface area contributed by atoms with E-state index >= 15 is 0 Å². The van der Waals surface area contributed by atoms with Crippen LogP contribution in [0.5, 0.6) is 5.88 Å². The molecule has 0 aliphatic rings. The van der Waals surface area contributed by atoms with E-state index in [9.17, 15) is 4.79 Å². The molecule has 2 rings (SSSR count). The van der Waals surface area contributed by atoms with Gasteiger partial charge in [0.1, 0.15) is 0 Å². The van der Waals surface area contributed by atoms with Crippen LogP contribution < -0.4 is 20.3 Å². The summed E-state index contributed by atoms with van der Waals surface area (Å²) < 4.78 is 5.00. The third kappa shape index (κ3) is 5.79. The van der Waals surface area contributed by atoms with Crippen molar-refractivity contribution in [3.8, 4) is 5.88 Å². The Labute approximate surface area is 142 Å². The van der Waals surface area contributed by atoms with Crippen LogP contribution in [0.3, 0.4) is 0 Å². The molecule has 0 fully saturated rings. The largest absolute Gasteiger partial charge is 0.481 e. The van der Waals surface area contributed by atoms with Crippen LogP contribution >= 0.6 is 0 Å². The Kier molecular flexibility index (Phi) is 6.89. The lowest BCUT2D eigenvalue weighted by Gasteiger charge is -2.19. The lowest BCUT2D eigenvalue weighted by atomic mass is 10.3. The van der Waals surface area contributed by atoms with Crippen LogP contribution in [0.25, 0.3) is 0 Å². The van der Waals surface area contributed by atoms with Crippen LogP contribution in [-0.2, 0) is 6.54 Å². The van der Waals surface area contributed by atoms with Crippen LogP contribution in [-0.4, -0.2) is 38.3 Å². The van der Waals surface area contributed by atoms with Gasteiger partial charge >= 0.3 is 6.03 Å². The summed E-state index contributed by atoms with van der Waals surface area (Å²) in [6.07, 6.45) is 2.57. The van der Waals surface area contributed by atoms with Gasteiger partial charge in [0.2, 0.25) is 5.88 Å². The number of anilines is 1. The fraction of sp³-hybridized carbons (Fsp3) is 0.333. The number of ether oxygens (including phenoxy) is 1. The number of amides is 2. The Morgan fingerprint density at radius 1 is 1.17 bits per heavy atom. The van der Waals surface area contributed by atoms with Crippen molar-refractivity contribution < 1.29 is 9.53 Å². The summed E-state index contributed by atoms with van der Waals surface area (Å²) in [4.78, 5) is 18.0. The highest BCUT2D eigenvalue weighted by molar-refractivity contribution is 5.73. The number of urea groups is 1. The summed E-state index contributed by atoms with van der Waals surface area (Å²) >= 11 is 0. The number of carbonyl (C=O) groups excluding carboxylic acids is 1. The molecule has 6 nitrogen and oxygen atoms in total. The van der Waals surface area contributed by atoms with E-state index in [2.05, 4.69) is 32.7 Å². The first kappa shape index (κ1) is 17.6. The van der Waals surface area contributed by atoms with Crippen LogP contribution in [0.1, 0.15) is 12.0 Å². The van der Waals surface area contributed by atoms with Crippen molar-refractivity contribution >= 4 is 11.7 Å². The molecule has 0 unspecified atom stereocenters. The molecular formula is C18H24N4O2. The number of aromatic nitrogens is 1. The first-order chi connectivity index (χ1) is 11.7. The third-order valence-electron chi connectivity index (χ3n) is 3.61. The minimum atomic E-state index is -0.173. The summed E-state index contributed by atoms with van der Waals surface area (Å²) in [7, 11) is 3.62. The molecule has 1 aromatic heterocycles. The van der Waals surface area contributed by atoms with Crippen molar-refractivity contribution in [1.82, 2.24) is 15.6 Å². The lowest BCUT2D eigenvalue weighted by molar-refractivity contribution is 0.240. The summed E-state index contributed by atoms with van der Waals surface area (Å²) in [5.74, 6) is 0.561. The molecule has 0 bridgehead atoms. The number of hydrogen-bond acceptors (Lipinski definition) is 4. The maximum atomic E-state index is 11.8. The van der Waals surface area contributed by atoms with Crippen LogP contribution in [0.4, 0.5) is 10.5 Å². The van der Waals surface area contributed by atoms with Crippen LogP contribution in [0.2, 0.25) is 0 Å². The van der Waals surface area contributed by atoms with E-state index in [4.69, 9.17) is 4.74 Å². The monoisotopic (exact) mass is 328 g/mol. The summed E-state index contributed by atoms with van der Waals surface area (Å²) in [6.45, 7) is 1.95. The van der Waals surface area contributed by atoms with Gasteiger partial charge in [0.15, 0.2) is 0 Å². The van der Waals surface area contributed by atoms with Crippen LogP contribution in [0.15, 0.2) is 48.7 Å². The Hall–Kier alpha value is -2.76. The van der Waals surface area contributed by atoms with E-state index in [1.165, 1.54) is 5.69 Å². The van der Waals surface area contributed by atoms with Gasteiger partial charge in [-0.3, -0.25) is 0 Å². The number of nitrogens with zero attached hydrogens (tertiary/aromatic N) is 2. The molecule has 128 valence electrons. The first-order valence-corrected chi connectivity index (χ1v) is 7.96. The van der Waals surface area contributed by atoms with Gasteiger partial charge < -0.3 is 20.3 Å². The zero-order valence-corrected chi connectivity index (χ0v) is 14.2. The van der Waals surface area contributed by atoms with Crippen molar-refractivity contribution in [2.75, 3.05) is 32.1 Å². The standard InChI is InChI=1S/C18H24N4O2/c1-22(16-7-4-3-5-8-16)12-6-11-19-18(23)21-14-15-9-10-17(24-2)20-13-15/h3-5,7-10,13H,6,11-12,14H2,1-2H3,(H2,19,21,23). The van der Waals surface area contributed by atoms with Crippen molar-refractivity contribution in [2.24, 2.45) is 0 Å². The maximum Gasteiger partial charge on any atom is 0.315 e. The predicted octanol–water partition coefficient (Wildman–Crippen LogP) is 2.42. The number of benzene rings is 1. The molecule has 0 saturated heterocycles. The number of rotatable bonds is 8. The highest BCUT2D eigenvalue weighted by Gasteiger charge is 2.02. The number of hydrogen-bond donors (Lipinski definition) is 2. The number of pyridine rings is 1. The Morgan fingerprint density at radius 2 is 1.96 bits per heavy atom. The van der Waals surface area contributed by atoms with Gasteiger partial charge in [-0.25, -0.2) is 9.78 Å². The highest BCUT2D eigenvalue weighted by Crippen LogP contribution is 2.10. The van der Waals surface area contributed by atoms with Crippen LogP contribution in [0, 0.1) is 0 Å². The van der Waals surface area contributed by atoms with Gasteiger partial charge in [-0.15, -0.1) is 0 Å². The third-order valence-corrected chi connectivity index (χ3v) is 3.61. The molecule has 6 heteroatoms. The SMILES string of the molecule is COc1ccc(CNC(=O)NCCCN(C)c2ccccc2)cn1. The summed E-state index contributed by atoms with van der Waals surface area (Å²) in [5.41, 5.74) is 2.10. The molecule has 24 heavy (non-hydrogen) atoms. The van der Waals surface area contributed by atoms with E-state index in [1.54, 1.807) is 19.4 Å². The van der Waals surface area contributed by atoms with E-state index in [-0.39, 0.29) is 6.03 Å². The zero-order valence-electron chi connectivity index (χ0n) is 14.2. The fourth-order valence-electron chi connectivity index (χ4n) is 2.21. The van der Waals surface area contributed by atoms with Gasteiger partial charge in [-0.1, -0.05) is 24.3 Å². The minimum Gasteiger partial charge on any atom is -0.481 e. The second kappa shape index (κ2) is 9.39. The summed E-state index contributed by atoms with van der Waals surface area (Å²) in [6, 6.07) is 13.7. The van der Waals surface area contributed by atoms with Gasteiger partial charge in [-0.2, -0.15) is 0 Å². The molecule has 2 amide bonds. The molecule has 1 heterocycles. The second-order valence-corrected chi connectivity index (χ2v) is 5.43. The van der Waals surface area contributed by atoms with E-state index in [0.717, 1.165) is 18.5 Å². The van der Waals surface area contributed by atoms with E-state index < -0.39 is 0 Å². The molecule has 2 aromatic rings. The molecule has 2 N–H and O–H groups in total. The Bertz CT molecular complexity index is 617. The van der Waals surface area contributed by atoms with Crippen molar-refractivity contribution in [2.45, 2.75) is 13.0 Å². The fourth-order valence-corrected chi connectivity index (χ4v) is 2.21. The second-order valence-electron chi connectivity index (χ2n) is 5.43. The number of para-hydroxylation sites is 1. The molecule has 0 aliphatic heterocycles. The average molecular weight is 328 g/mol. The Morgan fingerprint density at radius 3 is 2.62 bits per heavy atom. The normalized spacial score (nSPS) is 10.1. The molecular weight excluding hydrogens is 304 g/mol. The highest BCUT2D eigenvalue weighted by atomic mass is 16.5. The average Bonchev–Trinajstić information content (AvgIpc) is 2.64. The number of methoxy groups -OCH3 is 1. The zero-order chi connectivity index (χ0) is 17.2. The van der Waals surface area contributed by atoms with E-state index in [0.29, 0.717) is 19.0 Å². The van der Waals surface area contributed by atoms with Gasteiger partial charge in [0.25, 0.3) is 0 Å². The quantitative estimate of drug-likeness (QED) is 0.730. The van der Waals surface area contributed by atoms with Crippen molar-refractivity contribution in [3.05, 3.63) is 54.2 Å². The number of carbonyl (C=O) groups is 1. The van der Waals surface area contributed by atoms with Gasteiger partial charge in [-0.05, 0) is 24.1 Å². The summed E-state index contributed by atoms with van der Waals surface area (Å²) in [5, 5.41) is 5.67. The first-order valence-electron chi connectivity index (χ1n) is 7.96. The minimum absolute atomic E-state index is 0.173. The molecule has 0 saturated carbocycles. The molecule has 1 aromatic carbocycles. The molecule has 0 aliphatic carbocycles. The lowest BCUT2D eigenvalue weighted by Crippen LogP contribution is -2.36. The smallest absolute Gasteiger partial charge is 0.315 e. The molecule has 0 radical (unpaired) electrons. The van der Waals surface area contributed by atoms with Crippen molar-refractivity contribution in [1.29, 1.82) is 0 Å². The van der Waals surface area contributed by atoms with Gasteiger partial charge in [0.05, 0.1) is 7.11 Å². The van der Waals surface area contributed by atoms with Gasteiger partial charge in [0, 0.05) is 44.6 Å². The molecule has 0 atom stereocenters. The Balaban J connectivity index is 1.61. The topological polar surface area (TPSA) is 66.5 Å². The van der Waals surface area contributed by atoms with Crippen molar-refractivity contribution in [3.63, 3.8) is 0 Å².